The van der Waals surface area contributed by atoms with Gasteiger partial charge in [0.25, 0.3) is 5.78 Å². The molecule has 0 N–H and O–H groups in total. The zero-order valence-electron chi connectivity index (χ0n) is 11.7. The van der Waals surface area contributed by atoms with Crippen molar-refractivity contribution in [1.82, 2.24) is 0 Å². The van der Waals surface area contributed by atoms with Crippen LogP contribution in [-0.4, -0.2) is 30.5 Å². The second-order valence-electron chi connectivity index (χ2n) is 4.18. The molecule has 5 nitrogen and oxygen atoms in total. The summed E-state index contributed by atoms with van der Waals surface area (Å²) in [6.07, 6.45) is 0. The van der Waals surface area contributed by atoms with Crippen LogP contribution in [-0.2, 0) is 0 Å². The van der Waals surface area contributed by atoms with Crippen molar-refractivity contribution in [3.8, 4) is 11.5 Å². The van der Waals surface area contributed by atoms with Gasteiger partial charge in [0.05, 0.1) is 19.8 Å². The van der Waals surface area contributed by atoms with Crippen LogP contribution in [0.2, 0.25) is 0 Å². The van der Waals surface area contributed by atoms with Gasteiger partial charge in [-0.2, -0.15) is 4.79 Å². The van der Waals surface area contributed by atoms with Crippen molar-refractivity contribution < 1.29 is 19.1 Å². The van der Waals surface area contributed by atoms with Crippen LogP contribution in [0.4, 0.5) is 0 Å². The Morgan fingerprint density at radius 2 is 1.38 bits per heavy atom. The van der Waals surface area contributed by atoms with Gasteiger partial charge in [0.1, 0.15) is 17.1 Å². The Bertz CT molecular complexity index is 719. The summed E-state index contributed by atoms with van der Waals surface area (Å²) in [7, 11) is 2.96. The summed E-state index contributed by atoms with van der Waals surface area (Å²) in [4.78, 5) is 15.7. The molecule has 2 aromatic rings. The number of nitrogens with zero attached hydrogens (tertiary/aromatic N) is 2. The van der Waals surface area contributed by atoms with E-state index in [1.807, 2.05) is 0 Å². The van der Waals surface area contributed by atoms with E-state index in [1.165, 1.54) is 14.2 Å². The fourth-order valence-corrected chi connectivity index (χ4v) is 2.02. The minimum absolute atomic E-state index is 0.100. The van der Waals surface area contributed by atoms with Crippen LogP contribution < -0.4 is 9.47 Å². The smallest absolute Gasteiger partial charge is 0.373 e. The van der Waals surface area contributed by atoms with Gasteiger partial charge in [-0.25, -0.2) is 0 Å². The first kappa shape index (κ1) is 14.5. The van der Waals surface area contributed by atoms with Crippen molar-refractivity contribution in [1.29, 1.82) is 0 Å². The molecule has 0 unspecified atom stereocenters. The first-order valence-electron chi connectivity index (χ1n) is 6.26. The van der Waals surface area contributed by atoms with E-state index in [9.17, 15) is 10.3 Å². The average Bonchev–Trinajstić information content (AvgIpc) is 2.55. The minimum Gasteiger partial charge on any atom is -0.496 e. The third kappa shape index (κ3) is 2.83. The maximum absolute atomic E-state index is 12.6. The molecule has 0 aliphatic rings. The van der Waals surface area contributed by atoms with Gasteiger partial charge in [-0.15, -0.1) is 0 Å². The summed E-state index contributed by atoms with van der Waals surface area (Å²) >= 11 is 0. The SMILES string of the molecule is COc1ccccc1C(=O)C(=[N+]=[N-])c1ccccc1OC. The van der Waals surface area contributed by atoms with Crippen LogP contribution in [0.5, 0.6) is 11.5 Å². The molecule has 0 atom stereocenters. The largest absolute Gasteiger partial charge is 0.496 e. The number of methoxy groups -OCH3 is 2. The quantitative estimate of drug-likeness (QED) is 0.366. The van der Waals surface area contributed by atoms with E-state index in [2.05, 4.69) is 4.79 Å². The molecule has 2 aromatic carbocycles. The normalized spacial score (nSPS) is 9.62. The van der Waals surface area contributed by atoms with E-state index in [1.54, 1.807) is 48.5 Å². The lowest BCUT2D eigenvalue weighted by Crippen LogP contribution is -2.18. The molecule has 0 saturated heterocycles. The lowest BCUT2D eigenvalue weighted by atomic mass is 9.99. The Kier molecular flexibility index (Phi) is 4.49. The molecule has 106 valence electrons. The number of hydrogen-bond acceptors (Lipinski definition) is 3. The van der Waals surface area contributed by atoms with Crippen LogP contribution in [0.25, 0.3) is 5.53 Å². The fourth-order valence-electron chi connectivity index (χ4n) is 2.02. The van der Waals surface area contributed by atoms with Crippen molar-refractivity contribution in [2.75, 3.05) is 14.2 Å². The third-order valence-electron chi connectivity index (χ3n) is 3.03. The maximum Gasteiger partial charge on any atom is 0.373 e. The second kappa shape index (κ2) is 6.50. The molecule has 21 heavy (non-hydrogen) atoms. The van der Waals surface area contributed by atoms with E-state index in [-0.39, 0.29) is 5.71 Å². The van der Waals surface area contributed by atoms with Crippen molar-refractivity contribution in [3.63, 3.8) is 0 Å². The zero-order valence-corrected chi connectivity index (χ0v) is 11.7. The number of ketones is 1. The molecular formula is C16H14N2O3. The van der Waals surface area contributed by atoms with Gasteiger partial charge in [-0.3, -0.25) is 4.79 Å². The second-order valence-corrected chi connectivity index (χ2v) is 4.18. The van der Waals surface area contributed by atoms with Crippen molar-refractivity contribution in [2.24, 2.45) is 0 Å². The van der Waals surface area contributed by atoms with Gasteiger partial charge >= 0.3 is 5.71 Å². The van der Waals surface area contributed by atoms with Crippen molar-refractivity contribution >= 4 is 11.5 Å². The summed E-state index contributed by atoms with van der Waals surface area (Å²) in [5, 5.41) is 0. The van der Waals surface area contributed by atoms with Gasteiger partial charge < -0.3 is 15.0 Å². The number of rotatable bonds is 5. The molecule has 0 aliphatic carbocycles. The Morgan fingerprint density at radius 1 is 0.905 bits per heavy atom. The summed E-state index contributed by atoms with van der Waals surface area (Å²) in [5.41, 5.74) is 9.90. The van der Waals surface area contributed by atoms with E-state index >= 15 is 0 Å². The number of benzene rings is 2. The Morgan fingerprint density at radius 3 is 1.90 bits per heavy atom. The molecule has 2 rings (SSSR count). The van der Waals surface area contributed by atoms with E-state index < -0.39 is 5.78 Å². The molecule has 0 spiro atoms. The van der Waals surface area contributed by atoms with Crippen LogP contribution in [0, 0.1) is 0 Å². The van der Waals surface area contributed by atoms with E-state index in [4.69, 9.17) is 9.47 Å². The molecule has 0 bridgehead atoms. The highest BCUT2D eigenvalue weighted by Gasteiger charge is 2.29. The van der Waals surface area contributed by atoms with Crippen LogP contribution >= 0.6 is 0 Å². The minimum atomic E-state index is -0.445. The highest BCUT2D eigenvalue weighted by molar-refractivity contribution is 6.50. The predicted octanol–water partition coefficient (Wildman–Crippen LogP) is 2.61. The first-order valence-corrected chi connectivity index (χ1v) is 6.26. The monoisotopic (exact) mass is 282 g/mol. The Labute approximate surface area is 122 Å². The summed E-state index contributed by atoms with van der Waals surface area (Å²) in [5.74, 6) is 0.423. The molecule has 5 heteroatoms. The van der Waals surface area contributed by atoms with E-state index in [0.717, 1.165) is 0 Å². The molecule has 0 saturated carbocycles. The van der Waals surface area contributed by atoms with Crippen molar-refractivity contribution in [2.45, 2.75) is 0 Å². The van der Waals surface area contributed by atoms with Gasteiger partial charge in [-0.05, 0) is 24.3 Å². The Hall–Kier alpha value is -2.91. The standard InChI is InChI=1S/C16H14N2O3/c1-20-13-9-5-3-7-11(13)15(18-17)16(19)12-8-4-6-10-14(12)21-2/h3-10H,1-2H3. The highest BCUT2D eigenvalue weighted by atomic mass is 16.5. The van der Waals surface area contributed by atoms with Crippen molar-refractivity contribution in [3.05, 3.63) is 65.2 Å². The first-order chi connectivity index (χ1) is 10.2. The highest BCUT2D eigenvalue weighted by Crippen LogP contribution is 2.23. The molecule has 0 aromatic heterocycles. The maximum atomic E-state index is 12.6. The van der Waals surface area contributed by atoms with Gasteiger partial charge in [0.15, 0.2) is 0 Å². The topological polar surface area (TPSA) is 71.9 Å². The number of para-hydroxylation sites is 2. The average molecular weight is 282 g/mol. The summed E-state index contributed by atoms with van der Waals surface area (Å²) < 4.78 is 10.4. The van der Waals surface area contributed by atoms with Crippen LogP contribution in [0.1, 0.15) is 15.9 Å². The summed E-state index contributed by atoms with van der Waals surface area (Å²) in [6, 6.07) is 13.6. The van der Waals surface area contributed by atoms with Gasteiger partial charge in [-0.1, -0.05) is 24.3 Å². The Balaban J connectivity index is 2.52. The molecule has 0 heterocycles. The van der Waals surface area contributed by atoms with Crippen LogP contribution in [0.3, 0.4) is 0 Å². The molecule has 0 radical (unpaired) electrons. The summed E-state index contributed by atoms with van der Waals surface area (Å²) in [6.45, 7) is 0. The number of Topliss-reactive ketones (excluding diaryl/α,β-unsaturated/α-hetero) is 1. The number of hydrogen-bond donors (Lipinski definition) is 0. The fraction of sp³-hybridized carbons (Fsp3) is 0.125. The molecule has 0 fully saturated rings. The van der Waals surface area contributed by atoms with Gasteiger partial charge in [0.2, 0.25) is 0 Å². The third-order valence-corrected chi connectivity index (χ3v) is 3.03. The van der Waals surface area contributed by atoms with Gasteiger partial charge in [0, 0.05) is 0 Å². The number of carbonyl (C=O) groups is 1. The number of ether oxygens (including phenoxy) is 2. The predicted molar refractivity (Wildman–Crippen MR) is 78.0 cm³/mol. The number of carbonyl (C=O) groups excluding carboxylic acids is 1. The van der Waals surface area contributed by atoms with Crippen LogP contribution in [0.15, 0.2) is 48.5 Å². The molecule has 0 aliphatic heterocycles. The lowest BCUT2D eigenvalue weighted by Gasteiger charge is -2.07. The van der Waals surface area contributed by atoms with E-state index in [0.29, 0.717) is 22.6 Å². The molecule has 0 amide bonds. The lowest BCUT2D eigenvalue weighted by molar-refractivity contribution is -0.00515. The zero-order chi connectivity index (χ0) is 15.2. The molecular weight excluding hydrogens is 268 g/mol.